The smallest absolute Gasteiger partial charge is 0.252 e. The molecule has 0 saturated heterocycles. The highest BCUT2D eigenvalue weighted by Gasteiger charge is 2.10. The Morgan fingerprint density at radius 1 is 1.43 bits per heavy atom. The lowest BCUT2D eigenvalue weighted by molar-refractivity contribution is 0.0950. The van der Waals surface area contributed by atoms with Crippen LogP contribution in [-0.2, 0) is 6.54 Å². The molecule has 108 valence electrons. The van der Waals surface area contributed by atoms with Gasteiger partial charge in [-0.15, -0.1) is 0 Å². The van der Waals surface area contributed by atoms with Crippen LogP contribution in [0.1, 0.15) is 27.0 Å². The van der Waals surface area contributed by atoms with E-state index in [1.165, 1.54) is 23.5 Å². The second kappa shape index (κ2) is 7.02. The molecule has 0 atom stereocenters. The van der Waals surface area contributed by atoms with Crippen LogP contribution in [0.2, 0.25) is 0 Å². The number of rotatable bonds is 3. The van der Waals surface area contributed by atoms with Crippen LogP contribution in [-0.4, -0.2) is 17.6 Å². The molecule has 1 aromatic heterocycles. The number of aryl methyl sites for hydroxylation is 1. The number of nitrogens with one attached hydrogen (secondary N) is 1. The van der Waals surface area contributed by atoms with E-state index < -0.39 is 5.82 Å². The summed E-state index contributed by atoms with van der Waals surface area (Å²) in [5, 5.41) is 15.0. The van der Waals surface area contributed by atoms with Crippen molar-refractivity contribution >= 4 is 17.2 Å². The maximum Gasteiger partial charge on any atom is 0.252 e. The molecule has 1 amide bonds. The molecule has 5 heteroatoms. The van der Waals surface area contributed by atoms with Crippen molar-refractivity contribution in [2.75, 3.05) is 6.61 Å². The van der Waals surface area contributed by atoms with Crippen LogP contribution < -0.4 is 5.32 Å². The molecule has 1 heterocycles. The molecule has 0 aliphatic rings. The van der Waals surface area contributed by atoms with Gasteiger partial charge in [0, 0.05) is 23.1 Å². The lowest BCUT2D eigenvalue weighted by Crippen LogP contribution is -2.23. The number of aliphatic hydroxyl groups is 1. The molecule has 0 aliphatic heterocycles. The molecule has 0 unspecified atom stereocenters. The lowest BCUT2D eigenvalue weighted by Gasteiger charge is -2.07. The molecule has 3 nitrogen and oxygen atoms in total. The average molecular weight is 303 g/mol. The van der Waals surface area contributed by atoms with Crippen molar-refractivity contribution in [1.82, 2.24) is 5.32 Å². The minimum atomic E-state index is -0.396. The molecule has 0 spiro atoms. The molecule has 0 radical (unpaired) electrons. The fourth-order valence-corrected chi connectivity index (χ4v) is 2.62. The summed E-state index contributed by atoms with van der Waals surface area (Å²) in [6, 6.07) is 4.41. The van der Waals surface area contributed by atoms with Gasteiger partial charge in [0.15, 0.2) is 0 Å². The van der Waals surface area contributed by atoms with E-state index in [1.54, 1.807) is 11.4 Å². The maximum atomic E-state index is 13.7. The fraction of sp³-hybridized carbons (Fsp3) is 0.188. The first-order chi connectivity index (χ1) is 10.1. The van der Waals surface area contributed by atoms with Crippen LogP contribution in [0.15, 0.2) is 29.0 Å². The van der Waals surface area contributed by atoms with Crippen molar-refractivity contribution in [3.63, 3.8) is 0 Å². The fourth-order valence-electron chi connectivity index (χ4n) is 1.79. The quantitative estimate of drug-likeness (QED) is 0.856. The summed E-state index contributed by atoms with van der Waals surface area (Å²) in [6.07, 6.45) is 0. The van der Waals surface area contributed by atoms with E-state index in [4.69, 9.17) is 5.11 Å². The van der Waals surface area contributed by atoms with Gasteiger partial charge in [-0.1, -0.05) is 11.8 Å². The normalized spacial score (nSPS) is 9.86. The van der Waals surface area contributed by atoms with Crippen LogP contribution in [0.5, 0.6) is 0 Å². The summed E-state index contributed by atoms with van der Waals surface area (Å²) in [7, 11) is 0. The van der Waals surface area contributed by atoms with E-state index in [9.17, 15) is 9.18 Å². The molecule has 2 rings (SSSR count). The number of hydrogen-bond donors (Lipinski definition) is 2. The molecule has 0 fully saturated rings. The van der Waals surface area contributed by atoms with Gasteiger partial charge in [0.2, 0.25) is 0 Å². The Hall–Kier alpha value is -2.16. The Bertz CT molecular complexity index is 713. The summed E-state index contributed by atoms with van der Waals surface area (Å²) < 4.78 is 13.7. The highest BCUT2D eigenvalue weighted by atomic mass is 32.1. The predicted octanol–water partition coefficient (Wildman–Crippen LogP) is 2.47. The van der Waals surface area contributed by atoms with E-state index >= 15 is 0 Å². The molecule has 2 N–H and O–H groups in total. The minimum Gasteiger partial charge on any atom is -0.384 e. The van der Waals surface area contributed by atoms with Crippen LogP contribution in [0.25, 0.3) is 0 Å². The zero-order valence-corrected chi connectivity index (χ0v) is 12.3. The largest absolute Gasteiger partial charge is 0.384 e. The van der Waals surface area contributed by atoms with E-state index in [0.29, 0.717) is 16.7 Å². The van der Waals surface area contributed by atoms with Gasteiger partial charge in [-0.2, -0.15) is 11.3 Å². The second-order valence-corrected chi connectivity index (χ2v) is 5.16. The van der Waals surface area contributed by atoms with Gasteiger partial charge in [0.1, 0.15) is 12.4 Å². The van der Waals surface area contributed by atoms with Gasteiger partial charge < -0.3 is 10.4 Å². The summed E-state index contributed by atoms with van der Waals surface area (Å²) in [6.45, 7) is 1.70. The Morgan fingerprint density at radius 3 is 2.90 bits per heavy atom. The van der Waals surface area contributed by atoms with Crippen LogP contribution in [0.3, 0.4) is 0 Å². The average Bonchev–Trinajstić information content (AvgIpc) is 2.91. The van der Waals surface area contributed by atoms with Gasteiger partial charge in [-0.25, -0.2) is 4.39 Å². The topological polar surface area (TPSA) is 49.3 Å². The Labute approximate surface area is 126 Å². The third-order valence-electron chi connectivity index (χ3n) is 2.90. The molecular formula is C16H14FNO2S. The number of halogens is 1. The van der Waals surface area contributed by atoms with Crippen molar-refractivity contribution in [2.45, 2.75) is 13.5 Å². The Morgan fingerprint density at radius 2 is 2.24 bits per heavy atom. The summed E-state index contributed by atoms with van der Waals surface area (Å²) in [4.78, 5) is 12.0. The van der Waals surface area contributed by atoms with Crippen molar-refractivity contribution < 1.29 is 14.3 Å². The number of carbonyl (C=O) groups is 1. The van der Waals surface area contributed by atoms with Crippen molar-refractivity contribution in [2.24, 2.45) is 0 Å². The Balaban J connectivity index is 2.09. The molecular weight excluding hydrogens is 289 g/mol. The van der Waals surface area contributed by atoms with Gasteiger partial charge in [0.25, 0.3) is 5.91 Å². The highest BCUT2D eigenvalue weighted by molar-refractivity contribution is 7.08. The SMILES string of the molecule is Cc1cscc1C(=O)NCc1cc(C#CCO)ccc1F. The van der Waals surface area contributed by atoms with Gasteiger partial charge in [0.05, 0.1) is 5.56 Å². The van der Waals surface area contributed by atoms with Crippen LogP contribution in [0, 0.1) is 24.6 Å². The number of thiophene rings is 1. The lowest BCUT2D eigenvalue weighted by atomic mass is 10.1. The molecule has 21 heavy (non-hydrogen) atoms. The van der Waals surface area contributed by atoms with Crippen molar-refractivity contribution in [3.8, 4) is 11.8 Å². The third-order valence-corrected chi connectivity index (χ3v) is 3.76. The van der Waals surface area contributed by atoms with Crippen molar-refractivity contribution in [3.05, 3.63) is 57.0 Å². The minimum absolute atomic E-state index is 0.0919. The highest BCUT2D eigenvalue weighted by Crippen LogP contribution is 2.14. The summed E-state index contributed by atoms with van der Waals surface area (Å²) in [5.74, 6) is 4.59. The standard InChI is InChI=1S/C16H14FNO2S/c1-11-9-21-10-14(11)16(20)18-8-13-7-12(3-2-6-19)4-5-15(13)17/h4-5,7,9-10,19H,6,8H2,1H3,(H,18,20). The predicted molar refractivity (Wildman–Crippen MR) is 80.6 cm³/mol. The number of amides is 1. The number of hydrogen-bond acceptors (Lipinski definition) is 3. The molecule has 0 bridgehead atoms. The summed E-state index contributed by atoms with van der Waals surface area (Å²) >= 11 is 1.45. The molecule has 2 aromatic rings. The molecule has 0 aliphatic carbocycles. The zero-order chi connectivity index (χ0) is 15.2. The van der Waals surface area contributed by atoms with Crippen molar-refractivity contribution in [1.29, 1.82) is 0 Å². The molecule has 0 saturated carbocycles. The van der Waals surface area contributed by atoms with Crippen LogP contribution in [0.4, 0.5) is 4.39 Å². The number of aliphatic hydroxyl groups excluding tert-OH is 1. The summed E-state index contributed by atoms with van der Waals surface area (Å²) in [5.41, 5.74) is 2.47. The first-order valence-electron chi connectivity index (χ1n) is 6.31. The number of carbonyl (C=O) groups excluding carboxylic acids is 1. The Kier molecular flexibility index (Phi) is 5.09. The van der Waals surface area contributed by atoms with Gasteiger partial charge >= 0.3 is 0 Å². The van der Waals surface area contributed by atoms with E-state index in [0.717, 1.165) is 5.56 Å². The van der Waals surface area contributed by atoms with E-state index in [1.807, 2.05) is 12.3 Å². The van der Waals surface area contributed by atoms with Gasteiger partial charge in [-0.05, 0) is 36.1 Å². The first kappa shape index (κ1) is 15.2. The van der Waals surface area contributed by atoms with E-state index in [2.05, 4.69) is 17.2 Å². The van der Waals surface area contributed by atoms with Crippen LogP contribution >= 0.6 is 11.3 Å². The third kappa shape index (κ3) is 3.91. The first-order valence-corrected chi connectivity index (χ1v) is 7.25. The molecule has 1 aromatic carbocycles. The monoisotopic (exact) mass is 303 g/mol. The van der Waals surface area contributed by atoms with Gasteiger partial charge in [-0.3, -0.25) is 4.79 Å². The second-order valence-electron chi connectivity index (χ2n) is 4.42. The number of benzene rings is 1. The maximum absolute atomic E-state index is 13.7. The zero-order valence-electron chi connectivity index (χ0n) is 11.4. The van der Waals surface area contributed by atoms with E-state index in [-0.39, 0.29) is 19.1 Å².